The second kappa shape index (κ2) is 7.32. The number of aryl methyl sites for hydroxylation is 1. The van der Waals surface area contributed by atoms with Crippen LogP contribution in [0.5, 0.6) is 11.6 Å². The first-order valence-corrected chi connectivity index (χ1v) is 8.05. The van der Waals surface area contributed by atoms with E-state index < -0.39 is 0 Å². The minimum Gasteiger partial charge on any atom is -0.437 e. The number of carbonyl (C=O) groups is 1. The van der Waals surface area contributed by atoms with Gasteiger partial charge in [-0.2, -0.15) is 0 Å². The predicted octanol–water partition coefficient (Wildman–Crippen LogP) is 4.79. The molecule has 0 aliphatic heterocycles. The van der Waals surface area contributed by atoms with Gasteiger partial charge in [-0.05, 0) is 55.3 Å². The van der Waals surface area contributed by atoms with Crippen molar-refractivity contribution in [2.75, 3.05) is 5.32 Å². The first kappa shape index (κ1) is 16.9. The average Bonchev–Trinajstić information content (AvgIpc) is 2.61. The van der Waals surface area contributed by atoms with Crippen molar-refractivity contribution in [2.24, 2.45) is 0 Å². The van der Waals surface area contributed by atoms with E-state index in [-0.39, 0.29) is 16.6 Å². The Morgan fingerprint density at radius 2 is 1.80 bits per heavy atom. The Labute approximate surface area is 150 Å². The van der Waals surface area contributed by atoms with E-state index in [2.05, 4.69) is 15.3 Å². The topological polar surface area (TPSA) is 64.1 Å². The van der Waals surface area contributed by atoms with E-state index in [1.54, 1.807) is 30.5 Å². The highest BCUT2D eigenvalue weighted by molar-refractivity contribution is 6.33. The third-order valence-electron chi connectivity index (χ3n) is 3.78. The van der Waals surface area contributed by atoms with Gasteiger partial charge in [-0.3, -0.25) is 4.79 Å². The number of hydrogen-bond acceptors (Lipinski definition) is 4. The quantitative estimate of drug-likeness (QED) is 0.685. The molecule has 3 aromatic rings. The Balaban J connectivity index is 1.88. The molecule has 0 saturated heterocycles. The maximum Gasteiger partial charge on any atom is 0.258 e. The molecule has 0 aliphatic rings. The average molecular weight is 354 g/mol. The highest BCUT2D eigenvalue weighted by atomic mass is 35.5. The summed E-state index contributed by atoms with van der Waals surface area (Å²) in [5.41, 5.74) is 2.86. The first-order valence-electron chi connectivity index (χ1n) is 7.67. The van der Waals surface area contributed by atoms with Crippen LogP contribution in [0.2, 0.25) is 5.15 Å². The van der Waals surface area contributed by atoms with Crippen molar-refractivity contribution in [3.63, 3.8) is 0 Å². The van der Waals surface area contributed by atoms with E-state index in [1.807, 2.05) is 32.0 Å². The smallest absolute Gasteiger partial charge is 0.258 e. The Kier molecular flexibility index (Phi) is 4.95. The van der Waals surface area contributed by atoms with Gasteiger partial charge in [-0.1, -0.05) is 23.7 Å². The summed E-state index contributed by atoms with van der Waals surface area (Å²) < 4.78 is 5.91. The van der Waals surface area contributed by atoms with Gasteiger partial charge < -0.3 is 10.1 Å². The zero-order valence-electron chi connectivity index (χ0n) is 13.8. The van der Waals surface area contributed by atoms with Crippen LogP contribution in [-0.2, 0) is 0 Å². The van der Waals surface area contributed by atoms with Crippen LogP contribution in [0.4, 0.5) is 5.69 Å². The molecule has 0 saturated carbocycles. The summed E-state index contributed by atoms with van der Waals surface area (Å²) in [7, 11) is 0. The van der Waals surface area contributed by atoms with Crippen LogP contribution in [0, 0.1) is 13.8 Å². The van der Waals surface area contributed by atoms with Gasteiger partial charge in [0.25, 0.3) is 5.91 Å². The molecular formula is C19H16ClN3O2. The highest BCUT2D eigenvalue weighted by Gasteiger charge is 2.15. The van der Waals surface area contributed by atoms with Crippen LogP contribution in [-0.4, -0.2) is 15.9 Å². The van der Waals surface area contributed by atoms with E-state index >= 15 is 0 Å². The van der Waals surface area contributed by atoms with Gasteiger partial charge >= 0.3 is 0 Å². The number of pyridine rings is 2. The molecule has 2 heterocycles. The summed E-state index contributed by atoms with van der Waals surface area (Å²) in [5.74, 6) is 0.620. The lowest BCUT2D eigenvalue weighted by atomic mass is 10.1. The molecule has 1 aromatic carbocycles. The van der Waals surface area contributed by atoms with E-state index in [9.17, 15) is 4.79 Å². The van der Waals surface area contributed by atoms with Gasteiger partial charge in [0.2, 0.25) is 5.88 Å². The fraction of sp³-hybridized carbons (Fsp3) is 0.105. The van der Waals surface area contributed by atoms with E-state index in [1.165, 1.54) is 6.20 Å². The Bertz CT molecular complexity index is 928. The van der Waals surface area contributed by atoms with Crippen molar-refractivity contribution in [1.82, 2.24) is 9.97 Å². The van der Waals surface area contributed by atoms with Gasteiger partial charge in [0.05, 0.1) is 5.56 Å². The number of benzene rings is 1. The molecule has 3 rings (SSSR count). The number of rotatable bonds is 4. The number of aromatic nitrogens is 2. The van der Waals surface area contributed by atoms with Gasteiger partial charge in [0, 0.05) is 12.4 Å². The molecule has 1 N–H and O–H groups in total. The number of nitrogens with one attached hydrogen (secondary N) is 1. The van der Waals surface area contributed by atoms with E-state index in [4.69, 9.17) is 16.3 Å². The molecule has 0 fully saturated rings. The second-order valence-electron chi connectivity index (χ2n) is 5.45. The number of amides is 1. The van der Waals surface area contributed by atoms with E-state index in [0.29, 0.717) is 17.3 Å². The minimum absolute atomic E-state index is 0.140. The molecule has 5 nitrogen and oxygen atoms in total. The van der Waals surface area contributed by atoms with Crippen LogP contribution < -0.4 is 10.1 Å². The lowest BCUT2D eigenvalue weighted by Gasteiger charge is -2.13. The molecule has 1 amide bonds. The van der Waals surface area contributed by atoms with Crippen molar-refractivity contribution in [3.05, 3.63) is 76.7 Å². The molecule has 0 spiro atoms. The second-order valence-corrected chi connectivity index (χ2v) is 5.81. The standard InChI is InChI=1S/C19H16ClN3O2/c1-12-6-3-9-16(13(12)2)25-19-15(8-5-11-22-19)23-18(24)14-7-4-10-21-17(14)20/h3-11H,1-2H3,(H,23,24). The zero-order valence-corrected chi connectivity index (χ0v) is 14.5. The molecule has 6 heteroatoms. The zero-order chi connectivity index (χ0) is 17.8. The number of carbonyl (C=O) groups excluding carboxylic acids is 1. The summed E-state index contributed by atoms with van der Waals surface area (Å²) >= 11 is 5.97. The number of anilines is 1. The molecule has 25 heavy (non-hydrogen) atoms. The van der Waals surface area contributed by atoms with Crippen molar-refractivity contribution in [1.29, 1.82) is 0 Å². The van der Waals surface area contributed by atoms with Crippen molar-refractivity contribution < 1.29 is 9.53 Å². The van der Waals surface area contributed by atoms with Gasteiger partial charge in [0.15, 0.2) is 0 Å². The fourth-order valence-corrected chi connectivity index (χ4v) is 2.46. The van der Waals surface area contributed by atoms with Crippen LogP contribution in [0.15, 0.2) is 54.9 Å². The number of nitrogens with zero attached hydrogens (tertiary/aromatic N) is 2. The first-order chi connectivity index (χ1) is 12.1. The number of ether oxygens (including phenoxy) is 1. The summed E-state index contributed by atoms with van der Waals surface area (Å²) in [4.78, 5) is 20.6. The van der Waals surface area contributed by atoms with Crippen molar-refractivity contribution >= 4 is 23.2 Å². The van der Waals surface area contributed by atoms with Crippen LogP contribution in [0.3, 0.4) is 0 Å². The van der Waals surface area contributed by atoms with E-state index in [0.717, 1.165) is 11.1 Å². The molecule has 126 valence electrons. The molecule has 0 aliphatic carbocycles. The number of halogens is 1. The SMILES string of the molecule is Cc1cccc(Oc2ncccc2NC(=O)c2cccnc2Cl)c1C. The third-order valence-corrected chi connectivity index (χ3v) is 4.09. The summed E-state index contributed by atoms with van der Waals surface area (Å²) in [6.45, 7) is 3.98. The van der Waals surface area contributed by atoms with Gasteiger partial charge in [-0.15, -0.1) is 0 Å². The summed E-state index contributed by atoms with van der Waals surface area (Å²) in [6.07, 6.45) is 3.13. The maximum atomic E-state index is 12.4. The molecule has 2 aromatic heterocycles. The molecule has 0 radical (unpaired) electrons. The summed E-state index contributed by atoms with van der Waals surface area (Å²) in [6, 6.07) is 12.5. The van der Waals surface area contributed by atoms with Crippen LogP contribution in [0.1, 0.15) is 21.5 Å². The molecular weight excluding hydrogens is 338 g/mol. The fourth-order valence-electron chi connectivity index (χ4n) is 2.25. The molecule has 0 atom stereocenters. The number of hydrogen-bond donors (Lipinski definition) is 1. The predicted molar refractivity (Wildman–Crippen MR) is 97.4 cm³/mol. The summed E-state index contributed by atoms with van der Waals surface area (Å²) in [5, 5.41) is 2.91. The lowest BCUT2D eigenvalue weighted by Crippen LogP contribution is -2.14. The van der Waals surface area contributed by atoms with Crippen molar-refractivity contribution in [3.8, 4) is 11.6 Å². The van der Waals surface area contributed by atoms with Gasteiger partial charge in [0.1, 0.15) is 16.6 Å². The highest BCUT2D eigenvalue weighted by Crippen LogP contribution is 2.30. The molecule has 0 bridgehead atoms. The van der Waals surface area contributed by atoms with Crippen LogP contribution in [0.25, 0.3) is 0 Å². The maximum absolute atomic E-state index is 12.4. The van der Waals surface area contributed by atoms with Crippen LogP contribution >= 0.6 is 11.6 Å². The Morgan fingerprint density at radius 1 is 1.04 bits per heavy atom. The largest absolute Gasteiger partial charge is 0.437 e. The minimum atomic E-state index is -0.378. The monoisotopic (exact) mass is 353 g/mol. The van der Waals surface area contributed by atoms with Crippen molar-refractivity contribution in [2.45, 2.75) is 13.8 Å². The Hall–Kier alpha value is -2.92. The molecule has 0 unspecified atom stereocenters. The lowest BCUT2D eigenvalue weighted by molar-refractivity contribution is 0.102. The van der Waals surface area contributed by atoms with Gasteiger partial charge in [-0.25, -0.2) is 9.97 Å². The normalized spacial score (nSPS) is 10.4. The Morgan fingerprint density at radius 3 is 2.60 bits per heavy atom. The third kappa shape index (κ3) is 3.78.